The number of hydrogen-bond donors (Lipinski definition) is 3. The summed E-state index contributed by atoms with van der Waals surface area (Å²) < 4.78 is 22.7. The lowest BCUT2D eigenvalue weighted by Gasteiger charge is -2.31. The summed E-state index contributed by atoms with van der Waals surface area (Å²) in [6, 6.07) is 0. The summed E-state index contributed by atoms with van der Waals surface area (Å²) in [5, 5.41) is 16.2. The topological polar surface area (TPSA) is 207 Å². The molecule has 3 N–H and O–H groups in total. The lowest BCUT2D eigenvalue weighted by molar-refractivity contribution is -0.149. The molecule has 1 saturated carbocycles. The Labute approximate surface area is 568 Å². The van der Waals surface area contributed by atoms with Crippen molar-refractivity contribution in [3.8, 4) is 0 Å². The van der Waals surface area contributed by atoms with E-state index in [2.05, 4.69) is 48.1 Å². The lowest BCUT2D eigenvalue weighted by Crippen LogP contribution is -2.43. The fraction of sp³-hybridized carbons (Fsp3) is 0.909. The maximum absolute atomic E-state index is 13.5. The van der Waals surface area contributed by atoms with E-state index in [9.17, 15) is 38.7 Å². The van der Waals surface area contributed by atoms with Crippen LogP contribution in [0.2, 0.25) is 0 Å². The third-order valence-electron chi connectivity index (χ3n) is 18.8. The highest BCUT2D eigenvalue weighted by Gasteiger charge is 2.39. The number of carboxylic acid groups (broad SMARTS) is 1. The third kappa shape index (κ3) is 52.1. The van der Waals surface area contributed by atoms with Gasteiger partial charge < -0.3 is 44.5 Å². The molecule has 0 aromatic rings. The van der Waals surface area contributed by atoms with Gasteiger partial charge in [-0.25, -0.2) is 0 Å². The number of unbranched alkanes of at least 4 members (excludes halogenated alkanes) is 26. The van der Waals surface area contributed by atoms with Crippen molar-refractivity contribution in [1.29, 1.82) is 0 Å². The summed E-state index contributed by atoms with van der Waals surface area (Å²) in [7, 11) is 0. The van der Waals surface area contributed by atoms with Crippen LogP contribution >= 0.6 is 0 Å². The average Bonchev–Trinajstić information content (AvgIpc) is 0.976. The van der Waals surface area contributed by atoms with Gasteiger partial charge in [0.1, 0.15) is 0 Å². The number of rotatable bonds is 65. The van der Waals surface area contributed by atoms with E-state index in [1.54, 1.807) is 0 Å². The number of nitrogens with zero attached hydrogens (tertiary/aromatic N) is 2. The molecule has 93 heavy (non-hydrogen) atoms. The SMILES string of the molecule is CCCCCCC(C)OC(=O)CCCCCN(CCCCCCNC(=O)C1CC(C(=O)O)CC(C(=O)NCCCCCCN(CCCCCC(=O)OC(C)CCCCCC)CCCCCC(=O)OC(C)CCCCCC)C1)CCCCCC(=O)OC(C)CCCCCC. The molecular weight excluding hydrogens is 1170 g/mol. The number of amides is 2. The molecule has 6 atom stereocenters. The molecule has 1 rings (SSSR count). The van der Waals surface area contributed by atoms with Crippen LogP contribution < -0.4 is 10.6 Å². The van der Waals surface area contributed by atoms with E-state index in [1.165, 1.54) is 77.0 Å². The first-order chi connectivity index (χ1) is 45.0. The quantitative estimate of drug-likeness (QED) is 0.0294. The molecular formula is C77H144N4O12. The largest absolute Gasteiger partial charge is 0.481 e. The fourth-order valence-corrected chi connectivity index (χ4v) is 12.9. The van der Waals surface area contributed by atoms with Gasteiger partial charge in [-0.2, -0.15) is 0 Å². The van der Waals surface area contributed by atoms with Gasteiger partial charge >= 0.3 is 29.8 Å². The predicted molar refractivity (Wildman–Crippen MR) is 379 cm³/mol. The number of hydrogen-bond acceptors (Lipinski definition) is 13. The monoisotopic (exact) mass is 1320 g/mol. The molecule has 0 heterocycles. The van der Waals surface area contributed by atoms with Crippen LogP contribution in [0.5, 0.6) is 0 Å². The Bertz CT molecular complexity index is 1670. The zero-order chi connectivity index (χ0) is 68.4. The van der Waals surface area contributed by atoms with E-state index in [4.69, 9.17) is 18.9 Å². The molecule has 0 spiro atoms. The molecule has 0 radical (unpaired) electrons. The zero-order valence-electron chi connectivity index (χ0n) is 61.3. The third-order valence-corrected chi connectivity index (χ3v) is 18.8. The molecule has 1 fully saturated rings. The van der Waals surface area contributed by atoms with Crippen LogP contribution in [0.3, 0.4) is 0 Å². The summed E-state index contributed by atoms with van der Waals surface area (Å²) in [6.45, 7) is 23.6. The molecule has 0 aromatic carbocycles. The van der Waals surface area contributed by atoms with Crippen LogP contribution in [0, 0.1) is 17.8 Å². The molecule has 1 aliphatic carbocycles. The molecule has 0 bridgehead atoms. The molecule has 0 aliphatic heterocycles. The maximum atomic E-state index is 13.5. The van der Waals surface area contributed by atoms with Gasteiger partial charge in [0.25, 0.3) is 0 Å². The highest BCUT2D eigenvalue weighted by Crippen LogP contribution is 2.34. The second-order valence-electron chi connectivity index (χ2n) is 28.1. The van der Waals surface area contributed by atoms with Crippen LogP contribution in [-0.4, -0.2) is 133 Å². The van der Waals surface area contributed by atoms with Gasteiger partial charge in [-0.1, -0.05) is 156 Å². The van der Waals surface area contributed by atoms with Crippen LogP contribution in [0.25, 0.3) is 0 Å². The second kappa shape index (κ2) is 60.6. The van der Waals surface area contributed by atoms with Crippen molar-refractivity contribution in [2.45, 2.75) is 382 Å². The van der Waals surface area contributed by atoms with Gasteiger partial charge in [0, 0.05) is 50.6 Å². The standard InChI is InChI=1S/C77H144N4O12/c1-9-13-17-29-45-64(5)90-71(82)49-33-25-41-57-80(58-42-26-34-50-72(83)91-65(6)46-30-18-14-10-2)55-39-23-21-37-53-78-75(86)68-61-69(63-70(62-68)77(88)89)76(87)79-54-38-22-24-40-56-81(59-43-27-35-51-73(84)92-66(7)47-31-19-15-11-3)60-44-28-36-52-74(85)93-67(8)48-32-20-16-12-4/h64-70H,9-63H2,1-8H3,(H,78,86)(H,79,87)(H,88,89). The van der Waals surface area contributed by atoms with Crippen molar-refractivity contribution in [1.82, 2.24) is 20.4 Å². The molecule has 1 aliphatic rings. The van der Waals surface area contributed by atoms with Crippen molar-refractivity contribution in [3.63, 3.8) is 0 Å². The summed E-state index contributed by atoms with van der Waals surface area (Å²) in [5.41, 5.74) is 0. The number of carbonyl (C=O) groups excluding carboxylic acids is 6. The minimum atomic E-state index is -0.957. The Morgan fingerprint density at radius 3 is 0.796 bits per heavy atom. The van der Waals surface area contributed by atoms with Crippen molar-refractivity contribution >= 4 is 41.7 Å². The van der Waals surface area contributed by atoms with E-state index < -0.39 is 23.7 Å². The lowest BCUT2D eigenvalue weighted by atomic mass is 9.74. The Morgan fingerprint density at radius 1 is 0.323 bits per heavy atom. The highest BCUT2D eigenvalue weighted by molar-refractivity contribution is 5.84. The smallest absolute Gasteiger partial charge is 0.306 e. The van der Waals surface area contributed by atoms with Gasteiger partial charge in [-0.05, 0) is 215 Å². The van der Waals surface area contributed by atoms with Gasteiger partial charge in [-0.15, -0.1) is 0 Å². The number of aliphatic carboxylic acids is 1. The maximum Gasteiger partial charge on any atom is 0.306 e. The Hall–Kier alpha value is -3.79. The summed E-state index contributed by atoms with van der Waals surface area (Å²) in [6.07, 6.45) is 43.8. The van der Waals surface area contributed by atoms with Crippen molar-refractivity contribution in [3.05, 3.63) is 0 Å². The molecule has 0 aromatic heterocycles. The molecule has 16 nitrogen and oxygen atoms in total. The number of nitrogens with one attached hydrogen (secondary N) is 2. The molecule has 544 valence electrons. The van der Waals surface area contributed by atoms with Crippen LogP contribution in [-0.2, 0) is 52.5 Å². The number of carboxylic acids is 1. The minimum Gasteiger partial charge on any atom is -0.481 e. The number of carbonyl (C=O) groups is 7. The summed E-state index contributed by atoms with van der Waals surface area (Å²) in [4.78, 5) is 94.6. The van der Waals surface area contributed by atoms with Gasteiger partial charge in [0.2, 0.25) is 11.8 Å². The first-order valence-electron chi connectivity index (χ1n) is 39.0. The summed E-state index contributed by atoms with van der Waals surface area (Å²) >= 11 is 0. The fourth-order valence-electron chi connectivity index (χ4n) is 12.9. The Kier molecular flexibility index (Phi) is 56.8. The zero-order valence-corrected chi connectivity index (χ0v) is 61.3. The number of esters is 4. The van der Waals surface area contributed by atoms with E-state index in [-0.39, 0.29) is 72.9 Å². The Balaban J connectivity index is 2.61. The first kappa shape index (κ1) is 87.2. The second-order valence-corrected chi connectivity index (χ2v) is 28.1. The van der Waals surface area contributed by atoms with E-state index in [1.807, 2.05) is 27.7 Å². The van der Waals surface area contributed by atoms with E-state index in [0.29, 0.717) is 45.2 Å². The Morgan fingerprint density at radius 2 is 0.548 bits per heavy atom. The number of ether oxygens (including phenoxy) is 4. The van der Waals surface area contributed by atoms with Gasteiger partial charge in [-0.3, -0.25) is 33.6 Å². The average molecular weight is 1320 g/mol. The molecule has 0 saturated heterocycles. The van der Waals surface area contributed by atoms with Crippen molar-refractivity contribution in [2.24, 2.45) is 17.8 Å². The normalized spacial score (nSPS) is 16.2. The molecule has 2 amide bonds. The van der Waals surface area contributed by atoms with Gasteiger partial charge in [0.05, 0.1) is 30.3 Å². The highest BCUT2D eigenvalue weighted by atomic mass is 16.6. The summed E-state index contributed by atoms with van der Waals surface area (Å²) in [5.74, 6) is -3.45. The van der Waals surface area contributed by atoms with Crippen LogP contribution in [0.4, 0.5) is 0 Å². The predicted octanol–water partition coefficient (Wildman–Crippen LogP) is 17.9. The van der Waals surface area contributed by atoms with Gasteiger partial charge in [0.15, 0.2) is 0 Å². The first-order valence-corrected chi connectivity index (χ1v) is 39.0. The van der Waals surface area contributed by atoms with Crippen LogP contribution in [0.15, 0.2) is 0 Å². The van der Waals surface area contributed by atoms with Crippen LogP contribution in [0.1, 0.15) is 357 Å². The molecule has 16 heteroatoms. The van der Waals surface area contributed by atoms with Crippen molar-refractivity contribution < 1.29 is 57.6 Å². The van der Waals surface area contributed by atoms with E-state index >= 15 is 0 Å². The minimum absolute atomic E-state index is 0.0288. The van der Waals surface area contributed by atoms with E-state index in [0.717, 1.165) is 219 Å². The molecule has 6 unspecified atom stereocenters. The van der Waals surface area contributed by atoms with Crippen molar-refractivity contribution in [2.75, 3.05) is 52.4 Å².